The van der Waals surface area contributed by atoms with E-state index >= 15 is 0 Å². The molecule has 1 aromatic rings. The third kappa shape index (κ3) is 5.27. The fourth-order valence-electron chi connectivity index (χ4n) is 1.46. The van der Waals surface area contributed by atoms with Crippen LogP contribution < -0.4 is 10.6 Å². The maximum Gasteiger partial charge on any atom is 0.326 e. The third-order valence-electron chi connectivity index (χ3n) is 2.51. The van der Waals surface area contributed by atoms with Crippen molar-refractivity contribution in [3.05, 3.63) is 29.3 Å². The lowest BCUT2D eigenvalue weighted by Gasteiger charge is -2.14. The zero-order valence-corrected chi connectivity index (χ0v) is 11.6. The van der Waals surface area contributed by atoms with E-state index in [1.807, 2.05) is 0 Å². The topological polar surface area (TPSA) is 95.5 Å². The van der Waals surface area contributed by atoms with E-state index in [0.29, 0.717) is 10.7 Å². The van der Waals surface area contributed by atoms with Crippen LogP contribution >= 0.6 is 11.6 Å². The predicted molar refractivity (Wildman–Crippen MR) is 74.9 cm³/mol. The van der Waals surface area contributed by atoms with Crippen LogP contribution in [0.1, 0.15) is 19.8 Å². The smallest absolute Gasteiger partial charge is 0.326 e. The van der Waals surface area contributed by atoms with Crippen LogP contribution in [0.15, 0.2) is 24.3 Å². The second-order valence-corrected chi connectivity index (χ2v) is 4.53. The van der Waals surface area contributed by atoms with E-state index < -0.39 is 18.0 Å². The Hall–Kier alpha value is -2.08. The lowest BCUT2D eigenvalue weighted by Crippen LogP contribution is -2.44. The molecule has 0 aromatic heterocycles. The van der Waals surface area contributed by atoms with Crippen LogP contribution in [-0.2, 0) is 9.59 Å². The van der Waals surface area contributed by atoms with Crippen molar-refractivity contribution in [3.8, 4) is 0 Å². The number of carbonyl (C=O) groups is 3. The average Bonchev–Trinajstić information content (AvgIpc) is 2.37. The highest BCUT2D eigenvalue weighted by Crippen LogP contribution is 2.14. The number of nitrogens with one attached hydrogen (secondary N) is 2. The van der Waals surface area contributed by atoms with E-state index in [9.17, 15) is 14.4 Å². The van der Waals surface area contributed by atoms with E-state index in [1.165, 1.54) is 6.07 Å². The Kier molecular flexibility index (Phi) is 5.99. The minimum absolute atomic E-state index is 0.224. The SMILES string of the molecule is CCC(=O)CC(NC(=O)Nc1cccc(Cl)c1)C(=O)O. The highest BCUT2D eigenvalue weighted by molar-refractivity contribution is 6.30. The lowest BCUT2D eigenvalue weighted by molar-refractivity contribution is -0.140. The van der Waals surface area contributed by atoms with Crippen LogP contribution in [0.3, 0.4) is 0 Å². The molecule has 6 nitrogen and oxygen atoms in total. The standard InChI is InChI=1S/C13H15ClN2O4/c1-2-10(17)7-11(12(18)19)16-13(20)15-9-5-3-4-8(14)6-9/h3-6,11H,2,7H2,1H3,(H,18,19)(H2,15,16,20). The summed E-state index contributed by atoms with van der Waals surface area (Å²) in [7, 11) is 0. The number of hydrogen-bond acceptors (Lipinski definition) is 3. The molecule has 0 aliphatic rings. The van der Waals surface area contributed by atoms with Gasteiger partial charge in [-0.15, -0.1) is 0 Å². The minimum atomic E-state index is -1.26. The molecule has 0 heterocycles. The summed E-state index contributed by atoms with van der Waals surface area (Å²) in [6.07, 6.45) is -0.0177. The summed E-state index contributed by atoms with van der Waals surface area (Å²) in [6.45, 7) is 1.63. The molecule has 0 bridgehead atoms. The van der Waals surface area contributed by atoms with Crippen LogP contribution in [0, 0.1) is 0 Å². The number of anilines is 1. The molecule has 1 unspecified atom stereocenters. The molecule has 0 aliphatic carbocycles. The van der Waals surface area contributed by atoms with E-state index in [0.717, 1.165) is 0 Å². The number of urea groups is 1. The summed E-state index contributed by atoms with van der Waals surface area (Å²) in [5, 5.41) is 14.1. The highest BCUT2D eigenvalue weighted by atomic mass is 35.5. The molecule has 0 saturated carbocycles. The second-order valence-electron chi connectivity index (χ2n) is 4.10. The summed E-state index contributed by atoms with van der Waals surface area (Å²) < 4.78 is 0. The number of aliphatic carboxylic acids is 1. The minimum Gasteiger partial charge on any atom is -0.480 e. The van der Waals surface area contributed by atoms with Gasteiger partial charge in [0.15, 0.2) is 0 Å². The molecule has 0 aliphatic heterocycles. The molecule has 1 atom stereocenters. The van der Waals surface area contributed by atoms with Crippen molar-refractivity contribution in [1.29, 1.82) is 0 Å². The van der Waals surface area contributed by atoms with Gasteiger partial charge in [0.2, 0.25) is 0 Å². The summed E-state index contributed by atoms with van der Waals surface area (Å²) in [4.78, 5) is 33.9. The normalized spacial score (nSPS) is 11.5. The predicted octanol–water partition coefficient (Wildman–Crippen LogP) is 2.28. The zero-order chi connectivity index (χ0) is 15.1. The number of hydrogen-bond donors (Lipinski definition) is 3. The van der Waals surface area contributed by atoms with Gasteiger partial charge in [0.1, 0.15) is 11.8 Å². The monoisotopic (exact) mass is 298 g/mol. The maximum atomic E-state index is 11.7. The number of rotatable bonds is 6. The molecule has 0 radical (unpaired) electrons. The van der Waals surface area contributed by atoms with Gasteiger partial charge >= 0.3 is 12.0 Å². The lowest BCUT2D eigenvalue weighted by atomic mass is 10.1. The molecule has 3 N–H and O–H groups in total. The molecule has 1 aromatic carbocycles. The van der Waals surface area contributed by atoms with Crippen molar-refractivity contribution < 1.29 is 19.5 Å². The van der Waals surface area contributed by atoms with E-state index in [4.69, 9.17) is 16.7 Å². The van der Waals surface area contributed by atoms with Crippen LogP contribution in [0.5, 0.6) is 0 Å². The van der Waals surface area contributed by atoms with E-state index in [1.54, 1.807) is 25.1 Å². The Morgan fingerprint density at radius 3 is 2.60 bits per heavy atom. The summed E-state index contributed by atoms with van der Waals surface area (Å²) in [6, 6.07) is 4.47. The number of Topliss-reactive ketones (excluding diaryl/α,β-unsaturated/α-hetero) is 1. The Labute approximate surface area is 121 Å². The van der Waals surface area contributed by atoms with Crippen LogP contribution in [0.25, 0.3) is 0 Å². The number of carboxylic acid groups (broad SMARTS) is 1. The van der Waals surface area contributed by atoms with E-state index in [-0.39, 0.29) is 18.6 Å². The van der Waals surface area contributed by atoms with Gasteiger partial charge in [0, 0.05) is 23.6 Å². The maximum absolute atomic E-state index is 11.7. The van der Waals surface area contributed by atoms with Crippen LogP contribution in [0.4, 0.5) is 10.5 Å². The molecule has 2 amide bonds. The fourth-order valence-corrected chi connectivity index (χ4v) is 1.65. The van der Waals surface area contributed by atoms with Gasteiger partial charge in [-0.1, -0.05) is 24.6 Å². The molecular weight excluding hydrogens is 284 g/mol. The zero-order valence-electron chi connectivity index (χ0n) is 10.9. The van der Waals surface area contributed by atoms with Crippen LogP contribution in [-0.4, -0.2) is 28.9 Å². The van der Waals surface area contributed by atoms with Gasteiger partial charge in [-0.3, -0.25) is 4.79 Å². The van der Waals surface area contributed by atoms with Crippen LogP contribution in [0.2, 0.25) is 5.02 Å². The van der Waals surface area contributed by atoms with Crippen molar-refractivity contribution in [2.45, 2.75) is 25.8 Å². The highest BCUT2D eigenvalue weighted by Gasteiger charge is 2.22. The summed E-state index contributed by atoms with van der Waals surface area (Å²) in [5.74, 6) is -1.49. The van der Waals surface area contributed by atoms with Gasteiger partial charge in [-0.25, -0.2) is 9.59 Å². The molecule has 108 valence electrons. The molecule has 20 heavy (non-hydrogen) atoms. The van der Waals surface area contributed by atoms with Gasteiger partial charge in [-0.2, -0.15) is 0 Å². The van der Waals surface area contributed by atoms with Crippen molar-refractivity contribution in [2.24, 2.45) is 0 Å². The summed E-state index contributed by atoms with van der Waals surface area (Å²) in [5.41, 5.74) is 0.431. The quantitative estimate of drug-likeness (QED) is 0.751. The molecule has 7 heteroatoms. The molecule has 0 spiro atoms. The summed E-state index contributed by atoms with van der Waals surface area (Å²) >= 11 is 5.76. The fraction of sp³-hybridized carbons (Fsp3) is 0.308. The number of carboxylic acids is 1. The van der Waals surface area contributed by atoms with Gasteiger partial charge in [-0.05, 0) is 18.2 Å². The first kappa shape index (κ1) is 16.0. The molecule has 1 rings (SSSR count). The Morgan fingerprint density at radius 1 is 1.35 bits per heavy atom. The largest absolute Gasteiger partial charge is 0.480 e. The molecule has 0 fully saturated rings. The number of halogens is 1. The van der Waals surface area contributed by atoms with Gasteiger partial charge in [0.05, 0.1) is 0 Å². The van der Waals surface area contributed by atoms with Crippen molar-refractivity contribution in [1.82, 2.24) is 5.32 Å². The molecular formula is C13H15ClN2O4. The number of carbonyl (C=O) groups excluding carboxylic acids is 2. The van der Waals surface area contributed by atoms with Crippen molar-refractivity contribution >= 4 is 35.1 Å². The number of ketones is 1. The van der Waals surface area contributed by atoms with Gasteiger partial charge < -0.3 is 15.7 Å². The first-order chi connectivity index (χ1) is 9.42. The molecule has 0 saturated heterocycles. The Balaban J connectivity index is 2.62. The third-order valence-corrected chi connectivity index (χ3v) is 2.75. The first-order valence-electron chi connectivity index (χ1n) is 6.00. The van der Waals surface area contributed by atoms with Crippen molar-refractivity contribution in [2.75, 3.05) is 5.32 Å². The second kappa shape index (κ2) is 7.49. The van der Waals surface area contributed by atoms with E-state index in [2.05, 4.69) is 10.6 Å². The Morgan fingerprint density at radius 2 is 2.05 bits per heavy atom. The average molecular weight is 299 g/mol. The number of benzene rings is 1. The Bertz CT molecular complexity index is 519. The van der Waals surface area contributed by atoms with Crippen molar-refractivity contribution in [3.63, 3.8) is 0 Å². The van der Waals surface area contributed by atoms with Gasteiger partial charge in [0.25, 0.3) is 0 Å². The first-order valence-corrected chi connectivity index (χ1v) is 6.37. The number of amides is 2.